The van der Waals surface area contributed by atoms with Crippen molar-refractivity contribution >= 4 is 5.91 Å². The fraction of sp³-hybridized carbons (Fsp3) is 0.588. The third-order valence-corrected chi connectivity index (χ3v) is 3.46. The van der Waals surface area contributed by atoms with Gasteiger partial charge in [0.05, 0.1) is 0 Å². The van der Waals surface area contributed by atoms with E-state index in [0.717, 1.165) is 6.42 Å². The fourth-order valence-electron chi connectivity index (χ4n) is 2.23. The highest BCUT2D eigenvalue weighted by atomic mass is 16.1. The van der Waals surface area contributed by atoms with Crippen LogP contribution in [0.5, 0.6) is 0 Å². The molecule has 0 radical (unpaired) electrons. The Labute approximate surface area is 128 Å². The molecule has 0 heterocycles. The van der Waals surface area contributed by atoms with Gasteiger partial charge in [-0.1, -0.05) is 30.3 Å². The zero-order chi connectivity index (χ0) is 15.9. The molecule has 2 unspecified atom stereocenters. The van der Waals surface area contributed by atoms with Gasteiger partial charge in [-0.05, 0) is 39.7 Å². The van der Waals surface area contributed by atoms with Crippen LogP contribution in [0, 0.1) is 0 Å². The maximum atomic E-state index is 11.8. The molecular weight excluding hydrogens is 262 g/mol. The quantitative estimate of drug-likeness (QED) is 0.689. The lowest BCUT2D eigenvalue weighted by atomic mass is 10.0. The normalized spacial score (nSPS) is 14.5. The average Bonchev–Trinajstić information content (AvgIpc) is 2.43. The Bertz CT molecular complexity index is 429. The smallest absolute Gasteiger partial charge is 0.220 e. The number of hydrogen-bond donors (Lipinski definition) is 3. The van der Waals surface area contributed by atoms with Crippen molar-refractivity contribution in [3.05, 3.63) is 35.9 Å². The summed E-state index contributed by atoms with van der Waals surface area (Å²) in [6.07, 6.45) is 1.21. The van der Waals surface area contributed by atoms with Crippen molar-refractivity contribution in [1.29, 1.82) is 0 Å². The van der Waals surface area contributed by atoms with Crippen molar-refractivity contribution in [2.24, 2.45) is 5.73 Å². The Kier molecular flexibility index (Phi) is 6.85. The maximum Gasteiger partial charge on any atom is 0.220 e. The Morgan fingerprint density at radius 3 is 2.43 bits per heavy atom. The van der Waals surface area contributed by atoms with Crippen LogP contribution in [-0.4, -0.2) is 24.0 Å². The predicted octanol–water partition coefficient (Wildman–Crippen LogP) is 2.36. The zero-order valence-corrected chi connectivity index (χ0v) is 13.6. The Balaban J connectivity index is 2.41. The topological polar surface area (TPSA) is 67.2 Å². The number of amides is 1. The molecule has 118 valence electrons. The van der Waals surface area contributed by atoms with Crippen molar-refractivity contribution in [3.8, 4) is 0 Å². The SMILES string of the molecule is CC(N)CCC(=O)NCC(C)(C)NC(C)c1ccccc1. The van der Waals surface area contributed by atoms with E-state index < -0.39 is 0 Å². The first-order chi connectivity index (χ1) is 9.80. The number of nitrogens with two attached hydrogens (primary N) is 1. The lowest BCUT2D eigenvalue weighted by Crippen LogP contribution is -2.49. The molecule has 1 amide bonds. The molecule has 0 spiro atoms. The van der Waals surface area contributed by atoms with E-state index >= 15 is 0 Å². The van der Waals surface area contributed by atoms with Crippen LogP contribution in [0.3, 0.4) is 0 Å². The number of hydrogen-bond acceptors (Lipinski definition) is 3. The summed E-state index contributed by atoms with van der Waals surface area (Å²) in [6.45, 7) is 8.84. The van der Waals surface area contributed by atoms with E-state index in [0.29, 0.717) is 13.0 Å². The summed E-state index contributed by atoms with van der Waals surface area (Å²) < 4.78 is 0. The molecule has 4 heteroatoms. The molecule has 0 aromatic heterocycles. The number of benzene rings is 1. The minimum absolute atomic E-state index is 0.0644. The fourth-order valence-corrected chi connectivity index (χ4v) is 2.23. The van der Waals surface area contributed by atoms with Crippen molar-refractivity contribution in [1.82, 2.24) is 10.6 Å². The second kappa shape index (κ2) is 8.15. The largest absolute Gasteiger partial charge is 0.354 e. The lowest BCUT2D eigenvalue weighted by molar-refractivity contribution is -0.121. The second-order valence-corrected chi connectivity index (χ2v) is 6.45. The first kappa shape index (κ1) is 17.7. The van der Waals surface area contributed by atoms with Crippen LogP contribution >= 0.6 is 0 Å². The zero-order valence-electron chi connectivity index (χ0n) is 13.6. The molecule has 1 aromatic rings. The van der Waals surface area contributed by atoms with Crippen molar-refractivity contribution in [3.63, 3.8) is 0 Å². The minimum atomic E-state index is -0.167. The van der Waals surface area contributed by atoms with Gasteiger partial charge in [-0.3, -0.25) is 4.79 Å². The highest BCUT2D eigenvalue weighted by Crippen LogP contribution is 2.15. The lowest BCUT2D eigenvalue weighted by Gasteiger charge is -2.31. The molecule has 0 fully saturated rings. The van der Waals surface area contributed by atoms with E-state index in [1.165, 1.54) is 5.56 Å². The van der Waals surface area contributed by atoms with Crippen LogP contribution in [-0.2, 0) is 4.79 Å². The molecule has 21 heavy (non-hydrogen) atoms. The highest BCUT2D eigenvalue weighted by Gasteiger charge is 2.21. The molecule has 2 atom stereocenters. The summed E-state index contributed by atoms with van der Waals surface area (Å²) in [4.78, 5) is 11.8. The number of rotatable bonds is 8. The molecule has 1 aromatic carbocycles. The molecule has 4 nitrogen and oxygen atoms in total. The summed E-state index contributed by atoms with van der Waals surface area (Å²) in [6, 6.07) is 10.6. The van der Waals surface area contributed by atoms with E-state index in [9.17, 15) is 4.79 Å². The van der Waals surface area contributed by atoms with Gasteiger partial charge in [0.15, 0.2) is 0 Å². The third-order valence-electron chi connectivity index (χ3n) is 3.46. The van der Waals surface area contributed by atoms with Crippen molar-refractivity contribution < 1.29 is 4.79 Å². The molecular formula is C17H29N3O. The van der Waals surface area contributed by atoms with Gasteiger partial charge in [0.25, 0.3) is 0 Å². The summed E-state index contributed by atoms with van der Waals surface area (Å²) >= 11 is 0. The van der Waals surface area contributed by atoms with E-state index in [2.05, 4.69) is 43.5 Å². The van der Waals surface area contributed by atoms with Crippen molar-refractivity contribution in [2.45, 2.75) is 58.2 Å². The Morgan fingerprint density at radius 1 is 1.24 bits per heavy atom. The second-order valence-electron chi connectivity index (χ2n) is 6.45. The standard InChI is InChI=1S/C17H29N3O/c1-13(18)10-11-16(21)19-12-17(3,4)20-14(2)15-8-6-5-7-9-15/h5-9,13-14,20H,10-12,18H2,1-4H3,(H,19,21). The van der Waals surface area contributed by atoms with Gasteiger partial charge in [-0.25, -0.2) is 0 Å². The van der Waals surface area contributed by atoms with Gasteiger partial charge < -0.3 is 16.4 Å². The van der Waals surface area contributed by atoms with Gasteiger partial charge in [0, 0.05) is 30.6 Å². The molecule has 0 aliphatic rings. The van der Waals surface area contributed by atoms with Crippen LogP contribution in [0.15, 0.2) is 30.3 Å². The Morgan fingerprint density at radius 2 is 1.86 bits per heavy atom. The van der Waals surface area contributed by atoms with Gasteiger partial charge in [-0.15, -0.1) is 0 Å². The van der Waals surface area contributed by atoms with E-state index in [-0.39, 0.29) is 23.5 Å². The van der Waals surface area contributed by atoms with Gasteiger partial charge >= 0.3 is 0 Å². The third kappa shape index (κ3) is 7.25. The van der Waals surface area contributed by atoms with Crippen LogP contribution in [0.4, 0.5) is 0 Å². The van der Waals surface area contributed by atoms with Crippen LogP contribution in [0.2, 0.25) is 0 Å². The molecule has 0 saturated carbocycles. The van der Waals surface area contributed by atoms with Crippen LogP contribution in [0.25, 0.3) is 0 Å². The summed E-state index contributed by atoms with van der Waals surface area (Å²) in [5.74, 6) is 0.0644. The summed E-state index contributed by atoms with van der Waals surface area (Å²) in [5, 5.41) is 6.53. The highest BCUT2D eigenvalue weighted by molar-refractivity contribution is 5.75. The van der Waals surface area contributed by atoms with Crippen LogP contribution in [0.1, 0.15) is 52.1 Å². The van der Waals surface area contributed by atoms with E-state index in [1.54, 1.807) is 0 Å². The first-order valence-electron chi connectivity index (χ1n) is 7.65. The van der Waals surface area contributed by atoms with E-state index in [4.69, 9.17) is 5.73 Å². The molecule has 4 N–H and O–H groups in total. The molecule has 0 saturated heterocycles. The molecule has 0 aliphatic carbocycles. The summed E-state index contributed by atoms with van der Waals surface area (Å²) in [7, 11) is 0. The van der Waals surface area contributed by atoms with Gasteiger partial charge in [-0.2, -0.15) is 0 Å². The van der Waals surface area contributed by atoms with E-state index in [1.807, 2.05) is 25.1 Å². The molecule has 0 aliphatic heterocycles. The predicted molar refractivity (Wildman–Crippen MR) is 88.0 cm³/mol. The van der Waals surface area contributed by atoms with Gasteiger partial charge in [0.1, 0.15) is 0 Å². The average molecular weight is 291 g/mol. The minimum Gasteiger partial charge on any atom is -0.354 e. The molecule has 1 rings (SSSR count). The van der Waals surface area contributed by atoms with Gasteiger partial charge in [0.2, 0.25) is 5.91 Å². The summed E-state index contributed by atoms with van der Waals surface area (Å²) in [5.41, 5.74) is 6.74. The van der Waals surface area contributed by atoms with Crippen molar-refractivity contribution in [2.75, 3.05) is 6.54 Å². The first-order valence-corrected chi connectivity index (χ1v) is 7.65. The maximum absolute atomic E-state index is 11.8. The molecule has 0 bridgehead atoms. The van der Waals surface area contributed by atoms with Crippen LogP contribution < -0.4 is 16.4 Å². The number of nitrogens with one attached hydrogen (secondary N) is 2. The monoisotopic (exact) mass is 291 g/mol. The number of carbonyl (C=O) groups excluding carboxylic acids is 1. The number of carbonyl (C=O) groups is 1. The Hall–Kier alpha value is -1.39.